The quantitative estimate of drug-likeness (QED) is 0.690. The topological polar surface area (TPSA) is 42.5 Å². The zero-order valence-electron chi connectivity index (χ0n) is 16.1. The van der Waals surface area contributed by atoms with Crippen molar-refractivity contribution < 1.29 is 9.47 Å². The van der Waals surface area contributed by atoms with Gasteiger partial charge in [0.15, 0.2) is 16.6 Å². The maximum atomic E-state index is 5.72. The molecule has 1 aromatic carbocycles. The normalized spacial score (nSPS) is 33.7. The summed E-state index contributed by atoms with van der Waals surface area (Å²) in [6.07, 6.45) is 11.1. The van der Waals surface area contributed by atoms with Gasteiger partial charge in [0, 0.05) is 17.8 Å². The van der Waals surface area contributed by atoms with Crippen molar-refractivity contribution in [2.75, 3.05) is 12.1 Å². The van der Waals surface area contributed by atoms with Gasteiger partial charge in [0.05, 0.1) is 0 Å². The lowest BCUT2D eigenvalue weighted by molar-refractivity contribution is -0.0718. The van der Waals surface area contributed by atoms with E-state index in [1.807, 2.05) is 18.2 Å². The molecule has 1 aromatic rings. The fraction of sp³-hybridized carbons (Fsp3) is 0.682. The van der Waals surface area contributed by atoms with E-state index in [0.29, 0.717) is 18.2 Å². The molecule has 6 rings (SSSR count). The SMILES string of the molecule is CCCC(NC(=S)Nc1ccc2c(c1)OCO2)C12CC3CC(CC(C3)C1)C2. The molecule has 27 heavy (non-hydrogen) atoms. The fourth-order valence-corrected chi connectivity index (χ4v) is 6.98. The van der Waals surface area contributed by atoms with Crippen LogP contribution in [0.1, 0.15) is 58.3 Å². The van der Waals surface area contributed by atoms with Crippen LogP contribution in [0.25, 0.3) is 0 Å². The lowest BCUT2D eigenvalue weighted by Gasteiger charge is -2.59. The Morgan fingerprint density at radius 1 is 1.11 bits per heavy atom. The summed E-state index contributed by atoms with van der Waals surface area (Å²) in [7, 11) is 0. The summed E-state index contributed by atoms with van der Waals surface area (Å²) in [5.41, 5.74) is 1.42. The number of thiocarbonyl (C=S) groups is 1. The molecule has 0 saturated heterocycles. The van der Waals surface area contributed by atoms with Crippen LogP contribution >= 0.6 is 12.2 Å². The average molecular weight is 387 g/mol. The van der Waals surface area contributed by atoms with Gasteiger partial charge in [-0.1, -0.05) is 13.3 Å². The Hall–Kier alpha value is -1.49. The number of rotatable bonds is 5. The predicted molar refractivity (Wildman–Crippen MR) is 111 cm³/mol. The largest absolute Gasteiger partial charge is 0.454 e. The Kier molecular flexibility index (Phi) is 4.46. The molecule has 1 unspecified atom stereocenters. The van der Waals surface area contributed by atoms with E-state index in [4.69, 9.17) is 21.7 Å². The second kappa shape index (κ2) is 6.84. The zero-order chi connectivity index (χ0) is 18.4. The maximum absolute atomic E-state index is 5.72. The van der Waals surface area contributed by atoms with Crippen molar-refractivity contribution in [3.8, 4) is 11.5 Å². The molecule has 2 N–H and O–H groups in total. The van der Waals surface area contributed by atoms with Crippen LogP contribution in [0.15, 0.2) is 18.2 Å². The highest BCUT2D eigenvalue weighted by molar-refractivity contribution is 7.80. The molecule has 1 atom stereocenters. The smallest absolute Gasteiger partial charge is 0.231 e. The minimum absolute atomic E-state index is 0.298. The van der Waals surface area contributed by atoms with Crippen molar-refractivity contribution in [1.82, 2.24) is 5.32 Å². The van der Waals surface area contributed by atoms with E-state index in [9.17, 15) is 0 Å². The van der Waals surface area contributed by atoms with Gasteiger partial charge in [-0.2, -0.15) is 0 Å². The van der Waals surface area contributed by atoms with Crippen LogP contribution in [0.5, 0.6) is 11.5 Å². The van der Waals surface area contributed by atoms with E-state index in [-0.39, 0.29) is 0 Å². The summed E-state index contributed by atoms with van der Waals surface area (Å²) < 4.78 is 10.9. The first-order valence-electron chi connectivity index (χ1n) is 10.6. The molecule has 5 heteroatoms. The number of hydrogen-bond acceptors (Lipinski definition) is 3. The van der Waals surface area contributed by atoms with Crippen molar-refractivity contribution in [2.45, 2.75) is 64.3 Å². The Bertz CT molecular complexity index is 700. The van der Waals surface area contributed by atoms with Crippen LogP contribution in [-0.4, -0.2) is 17.9 Å². The maximum Gasteiger partial charge on any atom is 0.231 e. The van der Waals surface area contributed by atoms with Crippen LogP contribution in [-0.2, 0) is 0 Å². The fourth-order valence-electron chi connectivity index (χ4n) is 6.72. The molecule has 4 saturated carbocycles. The third kappa shape index (κ3) is 3.28. The molecule has 0 spiro atoms. The summed E-state index contributed by atoms with van der Waals surface area (Å²) in [4.78, 5) is 0. The number of nitrogens with one attached hydrogen (secondary N) is 2. The van der Waals surface area contributed by atoms with Crippen LogP contribution < -0.4 is 20.1 Å². The molecule has 4 bridgehead atoms. The number of fused-ring (bicyclic) bond motifs is 1. The number of anilines is 1. The summed E-state index contributed by atoms with van der Waals surface area (Å²) in [5.74, 6) is 4.49. The molecule has 4 fully saturated rings. The first kappa shape index (κ1) is 17.6. The van der Waals surface area contributed by atoms with Crippen molar-refractivity contribution in [3.63, 3.8) is 0 Å². The van der Waals surface area contributed by atoms with Gasteiger partial charge in [0.25, 0.3) is 0 Å². The van der Waals surface area contributed by atoms with Gasteiger partial charge < -0.3 is 20.1 Å². The van der Waals surface area contributed by atoms with Crippen molar-refractivity contribution in [2.24, 2.45) is 23.2 Å². The Balaban J connectivity index is 1.29. The summed E-state index contributed by atoms with van der Waals surface area (Å²) in [5, 5.41) is 7.86. The highest BCUT2D eigenvalue weighted by atomic mass is 32.1. The minimum atomic E-state index is 0.298. The predicted octanol–water partition coefficient (Wildman–Crippen LogP) is 5.09. The van der Waals surface area contributed by atoms with Crippen molar-refractivity contribution in [3.05, 3.63) is 18.2 Å². The van der Waals surface area contributed by atoms with Gasteiger partial charge in [-0.05, 0) is 92.5 Å². The van der Waals surface area contributed by atoms with E-state index in [1.165, 1.54) is 51.4 Å². The second-order valence-corrected chi connectivity index (χ2v) is 9.70. The molecule has 4 aliphatic carbocycles. The lowest BCUT2D eigenvalue weighted by atomic mass is 9.47. The minimum Gasteiger partial charge on any atom is -0.454 e. The first-order chi connectivity index (χ1) is 13.1. The molecular formula is C22H30N2O2S. The number of ether oxygens (including phenoxy) is 2. The Morgan fingerprint density at radius 2 is 1.78 bits per heavy atom. The summed E-state index contributed by atoms with van der Waals surface area (Å²) in [6.45, 7) is 2.59. The molecule has 1 heterocycles. The monoisotopic (exact) mass is 386 g/mol. The summed E-state index contributed by atoms with van der Waals surface area (Å²) >= 11 is 5.72. The lowest BCUT2D eigenvalue weighted by Crippen LogP contribution is -2.57. The van der Waals surface area contributed by atoms with Crippen LogP contribution in [0.2, 0.25) is 0 Å². The van der Waals surface area contributed by atoms with Crippen LogP contribution in [0, 0.1) is 23.2 Å². The molecule has 4 nitrogen and oxygen atoms in total. The van der Waals surface area contributed by atoms with Crippen LogP contribution in [0.4, 0.5) is 5.69 Å². The van der Waals surface area contributed by atoms with E-state index < -0.39 is 0 Å². The van der Waals surface area contributed by atoms with Crippen LogP contribution in [0.3, 0.4) is 0 Å². The Morgan fingerprint density at radius 3 is 2.44 bits per heavy atom. The standard InChI is InChI=1S/C22H30N2O2S/c1-2-3-20(22-10-14-6-15(11-22)8-16(7-14)12-22)24-21(27)23-17-4-5-18-19(9-17)26-13-25-18/h4-5,9,14-16,20H,2-3,6-8,10-13H2,1H3,(H2,23,24,27). The summed E-state index contributed by atoms with van der Waals surface area (Å²) in [6, 6.07) is 6.40. The molecule has 1 aliphatic heterocycles. The van der Waals surface area contributed by atoms with Gasteiger partial charge in [-0.3, -0.25) is 0 Å². The zero-order valence-corrected chi connectivity index (χ0v) is 16.9. The van der Waals surface area contributed by atoms with E-state index in [2.05, 4.69) is 17.6 Å². The molecule has 5 aliphatic rings. The second-order valence-electron chi connectivity index (χ2n) is 9.29. The van der Waals surface area contributed by atoms with Crippen molar-refractivity contribution in [1.29, 1.82) is 0 Å². The van der Waals surface area contributed by atoms with Gasteiger partial charge in [0.1, 0.15) is 0 Å². The van der Waals surface area contributed by atoms with Crippen molar-refractivity contribution >= 4 is 23.0 Å². The van der Waals surface area contributed by atoms with Gasteiger partial charge in [-0.15, -0.1) is 0 Å². The highest BCUT2D eigenvalue weighted by Crippen LogP contribution is 2.61. The van der Waals surface area contributed by atoms with Gasteiger partial charge >= 0.3 is 0 Å². The number of hydrogen-bond donors (Lipinski definition) is 2. The molecular weight excluding hydrogens is 356 g/mol. The van der Waals surface area contributed by atoms with E-state index >= 15 is 0 Å². The molecule has 0 radical (unpaired) electrons. The molecule has 0 amide bonds. The first-order valence-corrected chi connectivity index (χ1v) is 11.0. The third-order valence-electron chi connectivity index (χ3n) is 7.34. The third-order valence-corrected chi connectivity index (χ3v) is 7.56. The Labute approximate surface area is 167 Å². The molecule has 0 aromatic heterocycles. The number of benzene rings is 1. The van der Waals surface area contributed by atoms with Gasteiger partial charge in [-0.25, -0.2) is 0 Å². The van der Waals surface area contributed by atoms with Gasteiger partial charge in [0.2, 0.25) is 6.79 Å². The van der Waals surface area contributed by atoms with E-state index in [1.54, 1.807) is 0 Å². The average Bonchev–Trinajstić information content (AvgIpc) is 3.08. The van der Waals surface area contributed by atoms with E-state index in [0.717, 1.165) is 40.1 Å². The highest BCUT2D eigenvalue weighted by Gasteiger charge is 2.54. The molecule has 146 valence electrons.